The average molecular weight is 364 g/mol. The molecule has 3 N–H and O–H groups in total. The lowest BCUT2D eigenvalue weighted by Gasteiger charge is -2.18. The van der Waals surface area contributed by atoms with Crippen molar-refractivity contribution in [2.24, 2.45) is 11.7 Å². The van der Waals surface area contributed by atoms with Crippen molar-refractivity contribution in [3.05, 3.63) is 42.2 Å². The number of benzene rings is 1. The minimum Gasteiger partial charge on any atom is -0.475 e. The average Bonchev–Trinajstić information content (AvgIpc) is 3.05. The second kappa shape index (κ2) is 6.83. The lowest BCUT2D eigenvalue weighted by Crippen LogP contribution is -2.34. The maximum Gasteiger partial charge on any atom is 0.250 e. The summed E-state index contributed by atoms with van der Waals surface area (Å²) >= 11 is 0. The van der Waals surface area contributed by atoms with Crippen LogP contribution in [0, 0.1) is 5.92 Å². The number of ether oxygens (including phenoxy) is 1. The number of rotatable bonds is 5. The van der Waals surface area contributed by atoms with E-state index in [1.54, 1.807) is 24.5 Å². The van der Waals surface area contributed by atoms with Gasteiger partial charge in [0.1, 0.15) is 6.61 Å². The van der Waals surface area contributed by atoms with Crippen LogP contribution in [0.4, 0.5) is 0 Å². The van der Waals surface area contributed by atoms with Gasteiger partial charge in [-0.05, 0) is 29.5 Å². The third kappa shape index (κ3) is 3.05. The molecule has 7 heteroatoms. The van der Waals surface area contributed by atoms with Crippen LogP contribution >= 0.6 is 0 Å². The maximum absolute atomic E-state index is 11.8. The van der Waals surface area contributed by atoms with Crippen LogP contribution in [0.1, 0.15) is 30.1 Å². The molecule has 1 aromatic carbocycles. The zero-order chi connectivity index (χ0) is 19.0. The molecule has 2 amide bonds. The Balaban J connectivity index is 1.77. The van der Waals surface area contributed by atoms with Gasteiger partial charge in [-0.25, -0.2) is 4.98 Å². The summed E-state index contributed by atoms with van der Waals surface area (Å²) in [5.74, 6) is 0.242. The van der Waals surface area contributed by atoms with Gasteiger partial charge in [-0.15, -0.1) is 0 Å². The van der Waals surface area contributed by atoms with Gasteiger partial charge in [0, 0.05) is 24.2 Å². The fourth-order valence-corrected chi connectivity index (χ4v) is 3.73. The van der Waals surface area contributed by atoms with Gasteiger partial charge in [0.05, 0.1) is 22.5 Å². The zero-order valence-electron chi connectivity index (χ0n) is 14.9. The molecule has 138 valence electrons. The third-order valence-electron chi connectivity index (χ3n) is 5.13. The van der Waals surface area contributed by atoms with Crippen LogP contribution in [0.15, 0.2) is 36.7 Å². The molecule has 2 atom stereocenters. The van der Waals surface area contributed by atoms with E-state index in [4.69, 9.17) is 10.5 Å². The second-order valence-corrected chi connectivity index (χ2v) is 6.76. The van der Waals surface area contributed by atoms with Crippen LogP contribution < -0.4 is 15.8 Å². The highest BCUT2D eigenvalue weighted by Crippen LogP contribution is 2.33. The first-order valence-electron chi connectivity index (χ1n) is 8.97. The van der Waals surface area contributed by atoms with Crippen molar-refractivity contribution in [1.29, 1.82) is 0 Å². The van der Waals surface area contributed by atoms with Crippen LogP contribution in [-0.4, -0.2) is 34.4 Å². The molecular weight excluding hydrogens is 344 g/mol. The van der Waals surface area contributed by atoms with Crippen molar-refractivity contribution in [2.75, 3.05) is 6.61 Å². The highest BCUT2D eigenvalue weighted by molar-refractivity contribution is 6.16. The van der Waals surface area contributed by atoms with Gasteiger partial charge < -0.3 is 15.8 Å². The van der Waals surface area contributed by atoms with Gasteiger partial charge >= 0.3 is 0 Å². The predicted molar refractivity (Wildman–Crippen MR) is 101 cm³/mol. The van der Waals surface area contributed by atoms with Gasteiger partial charge in [-0.1, -0.05) is 19.4 Å². The first-order valence-corrected chi connectivity index (χ1v) is 8.97. The number of pyridine rings is 2. The van der Waals surface area contributed by atoms with Crippen LogP contribution in [0.5, 0.6) is 5.88 Å². The number of aromatic nitrogens is 2. The van der Waals surface area contributed by atoms with E-state index in [9.17, 15) is 9.59 Å². The predicted octanol–water partition coefficient (Wildman–Crippen LogP) is 2.18. The first kappa shape index (κ1) is 17.2. The van der Waals surface area contributed by atoms with Crippen molar-refractivity contribution in [2.45, 2.75) is 25.8 Å². The summed E-state index contributed by atoms with van der Waals surface area (Å²) in [6, 6.07) is 7.17. The molecule has 0 bridgehead atoms. The summed E-state index contributed by atoms with van der Waals surface area (Å²) in [6.07, 6.45) is 4.69. The van der Waals surface area contributed by atoms with Crippen molar-refractivity contribution in [1.82, 2.24) is 15.3 Å². The lowest BCUT2D eigenvalue weighted by atomic mass is 9.98. The number of hydrogen-bond acceptors (Lipinski definition) is 5. The van der Waals surface area contributed by atoms with Crippen molar-refractivity contribution < 1.29 is 14.3 Å². The minimum absolute atomic E-state index is 0.0335. The van der Waals surface area contributed by atoms with Crippen LogP contribution in [-0.2, 0) is 4.79 Å². The van der Waals surface area contributed by atoms with E-state index in [2.05, 4.69) is 22.2 Å². The third-order valence-corrected chi connectivity index (χ3v) is 5.13. The number of nitrogens with one attached hydrogen (secondary N) is 1. The number of hydrogen-bond donors (Lipinski definition) is 2. The van der Waals surface area contributed by atoms with E-state index < -0.39 is 5.91 Å². The number of nitrogens with zero attached hydrogens (tertiary/aromatic N) is 2. The van der Waals surface area contributed by atoms with Crippen LogP contribution in [0.3, 0.4) is 0 Å². The Morgan fingerprint density at radius 3 is 2.96 bits per heavy atom. The highest BCUT2D eigenvalue weighted by atomic mass is 16.5. The molecule has 0 saturated carbocycles. The summed E-state index contributed by atoms with van der Waals surface area (Å²) in [4.78, 5) is 32.2. The molecule has 1 saturated heterocycles. The molecule has 4 rings (SSSR count). The first-order chi connectivity index (χ1) is 13.1. The number of fused-ring (bicyclic) bond motifs is 3. The molecule has 0 aliphatic carbocycles. The summed E-state index contributed by atoms with van der Waals surface area (Å²) in [5, 5.41) is 5.31. The lowest BCUT2D eigenvalue weighted by molar-refractivity contribution is -0.119. The molecule has 1 fully saturated rings. The summed E-state index contributed by atoms with van der Waals surface area (Å²) in [5.41, 5.74) is 6.42. The van der Waals surface area contributed by atoms with E-state index >= 15 is 0 Å². The molecule has 0 spiro atoms. The van der Waals surface area contributed by atoms with E-state index in [1.807, 2.05) is 12.1 Å². The summed E-state index contributed by atoms with van der Waals surface area (Å²) < 4.78 is 6.02. The highest BCUT2D eigenvalue weighted by Gasteiger charge is 2.31. The van der Waals surface area contributed by atoms with Gasteiger partial charge in [-0.2, -0.15) is 0 Å². The molecule has 27 heavy (non-hydrogen) atoms. The van der Waals surface area contributed by atoms with Gasteiger partial charge in [-0.3, -0.25) is 14.6 Å². The molecule has 2 aromatic heterocycles. The smallest absolute Gasteiger partial charge is 0.250 e. The van der Waals surface area contributed by atoms with Crippen LogP contribution in [0.25, 0.3) is 21.7 Å². The molecule has 3 aromatic rings. The Kier molecular flexibility index (Phi) is 4.35. The zero-order valence-corrected chi connectivity index (χ0v) is 14.9. The molecule has 1 aliphatic heterocycles. The normalized spacial score (nSPS) is 19.4. The quantitative estimate of drug-likeness (QED) is 0.675. The molecule has 7 nitrogen and oxygen atoms in total. The van der Waals surface area contributed by atoms with E-state index in [0.717, 1.165) is 22.6 Å². The Morgan fingerprint density at radius 2 is 2.19 bits per heavy atom. The molecule has 1 aliphatic rings. The van der Waals surface area contributed by atoms with Gasteiger partial charge in [0.25, 0.3) is 5.91 Å². The van der Waals surface area contributed by atoms with Crippen LogP contribution in [0.2, 0.25) is 0 Å². The van der Waals surface area contributed by atoms with E-state index in [-0.39, 0.29) is 17.9 Å². The summed E-state index contributed by atoms with van der Waals surface area (Å²) in [7, 11) is 0. The van der Waals surface area contributed by atoms with Gasteiger partial charge in [0.15, 0.2) is 0 Å². The topological polar surface area (TPSA) is 107 Å². The Labute approximate surface area is 155 Å². The molecular formula is C20H20N4O3. The fraction of sp³-hybridized carbons (Fsp3) is 0.300. The molecule has 0 radical (unpaired) electrons. The number of amides is 2. The number of primary amides is 1. The van der Waals surface area contributed by atoms with Crippen molar-refractivity contribution in [3.8, 4) is 5.88 Å². The van der Waals surface area contributed by atoms with Crippen molar-refractivity contribution in [3.63, 3.8) is 0 Å². The number of carbonyl (C=O) groups is 2. The Hall–Kier alpha value is -3.22. The standard InChI is InChI=1S/C20H20N4O3/c1-2-11-9-16(25)24-15(11)10-27-20-17-12(5-7-23-20)8-14(19(21)26)18-13(17)4-3-6-22-18/h3-8,11,15H,2,9-10H2,1H3,(H2,21,26)(H,24,25)/t11-,15?/m1/s1. The second-order valence-electron chi connectivity index (χ2n) is 6.76. The Morgan fingerprint density at radius 1 is 1.33 bits per heavy atom. The Bertz CT molecular complexity index is 1050. The minimum atomic E-state index is -0.528. The van der Waals surface area contributed by atoms with E-state index in [1.165, 1.54) is 0 Å². The van der Waals surface area contributed by atoms with Gasteiger partial charge in [0.2, 0.25) is 11.8 Å². The van der Waals surface area contributed by atoms with E-state index in [0.29, 0.717) is 30.0 Å². The number of carbonyl (C=O) groups excluding carboxylic acids is 2. The SMILES string of the molecule is CC[C@@H]1CC(=O)NC1COc1nccc2cc(C(N)=O)c3ncccc3c12. The van der Waals surface area contributed by atoms with Crippen molar-refractivity contribution >= 4 is 33.5 Å². The molecule has 1 unspecified atom stereocenters. The number of nitrogens with two attached hydrogens (primary N) is 1. The molecule has 3 heterocycles. The monoisotopic (exact) mass is 364 g/mol. The maximum atomic E-state index is 11.8. The summed E-state index contributed by atoms with van der Waals surface area (Å²) in [6.45, 7) is 2.41. The fourth-order valence-electron chi connectivity index (χ4n) is 3.73. The largest absolute Gasteiger partial charge is 0.475 e.